The molecule has 0 saturated carbocycles. The molecule has 0 aromatic heterocycles. The third-order valence-corrected chi connectivity index (χ3v) is 11.2. The Kier molecular flexibility index (Phi) is 8.60. The van der Waals surface area contributed by atoms with Gasteiger partial charge in [0.2, 0.25) is 5.91 Å². The number of rotatable bonds is 12. The molecule has 202 valence electrons. The summed E-state index contributed by atoms with van der Waals surface area (Å²) in [5.74, 6) is -3.04. The molecule has 1 spiro atoms. The van der Waals surface area contributed by atoms with Gasteiger partial charge in [-0.2, -0.15) is 0 Å². The average molecular weight is 595 g/mol. The highest BCUT2D eigenvalue weighted by atomic mass is 79.9. The summed E-state index contributed by atoms with van der Waals surface area (Å²) in [5, 5.41) is 19.1. The van der Waals surface area contributed by atoms with Crippen molar-refractivity contribution in [3.63, 3.8) is 0 Å². The van der Waals surface area contributed by atoms with Crippen molar-refractivity contribution in [3.8, 4) is 0 Å². The molecule has 8 nitrogen and oxygen atoms in total. The molecule has 10 heteroatoms. The van der Waals surface area contributed by atoms with Crippen LogP contribution in [0.1, 0.15) is 33.1 Å². The fourth-order valence-corrected chi connectivity index (χ4v) is 9.96. The lowest BCUT2D eigenvalue weighted by molar-refractivity contribution is -0.148. The minimum Gasteiger partial charge on any atom is -0.481 e. The number of aliphatic hydroxyl groups excluding tert-OH is 1. The van der Waals surface area contributed by atoms with E-state index in [2.05, 4.69) is 41.3 Å². The van der Waals surface area contributed by atoms with Gasteiger partial charge in [0.15, 0.2) is 0 Å². The number of carboxylic acids is 1. The molecule has 0 aliphatic carbocycles. The van der Waals surface area contributed by atoms with Crippen molar-refractivity contribution >= 4 is 56.9 Å². The number of aliphatic hydroxyl groups is 1. The van der Waals surface area contributed by atoms with Crippen LogP contribution in [0.2, 0.25) is 0 Å². The van der Waals surface area contributed by atoms with Gasteiger partial charge in [-0.05, 0) is 57.4 Å². The van der Waals surface area contributed by atoms with E-state index in [0.29, 0.717) is 31.5 Å². The Labute approximate surface area is 231 Å². The predicted octanol–water partition coefficient (Wildman–Crippen LogP) is 3.37. The summed E-state index contributed by atoms with van der Waals surface area (Å²) < 4.78 is -0.810. The van der Waals surface area contributed by atoms with Crippen molar-refractivity contribution in [2.24, 2.45) is 11.8 Å². The lowest BCUT2D eigenvalue weighted by atomic mass is 9.71. The van der Waals surface area contributed by atoms with E-state index in [1.165, 1.54) is 11.8 Å². The number of carbonyl (C=O) groups excluding carboxylic acids is 2. The molecule has 3 fully saturated rings. The molecule has 3 aliphatic heterocycles. The number of alkyl halides is 1. The molecule has 2 N–H and O–H groups in total. The number of amides is 2. The molecule has 1 aromatic carbocycles. The number of carboxylic acid groups (broad SMARTS) is 1. The van der Waals surface area contributed by atoms with Gasteiger partial charge in [0.1, 0.15) is 6.04 Å². The maximum absolute atomic E-state index is 14.4. The van der Waals surface area contributed by atoms with Crippen molar-refractivity contribution in [1.82, 2.24) is 4.90 Å². The Morgan fingerprint density at radius 2 is 1.86 bits per heavy atom. The van der Waals surface area contributed by atoms with Crippen molar-refractivity contribution in [3.05, 3.63) is 36.9 Å². The van der Waals surface area contributed by atoms with Gasteiger partial charge >= 0.3 is 5.97 Å². The van der Waals surface area contributed by atoms with Crippen LogP contribution < -0.4 is 9.80 Å². The van der Waals surface area contributed by atoms with E-state index >= 15 is 0 Å². The van der Waals surface area contributed by atoms with Gasteiger partial charge in [0.05, 0.1) is 16.6 Å². The van der Waals surface area contributed by atoms with Crippen LogP contribution in [0.3, 0.4) is 0 Å². The number of aliphatic carboxylic acids is 1. The van der Waals surface area contributed by atoms with Gasteiger partial charge in [-0.3, -0.25) is 14.4 Å². The molecule has 2 bridgehead atoms. The highest BCUT2D eigenvalue weighted by Crippen LogP contribution is 2.67. The Bertz CT molecular complexity index is 1040. The second-order valence-corrected chi connectivity index (χ2v) is 12.6. The first-order valence-corrected chi connectivity index (χ1v) is 14.8. The summed E-state index contributed by atoms with van der Waals surface area (Å²) >= 11 is 5.17. The number of thioether (sulfide) groups is 1. The molecule has 3 saturated heterocycles. The summed E-state index contributed by atoms with van der Waals surface area (Å²) in [4.78, 5) is 45.9. The van der Waals surface area contributed by atoms with Crippen LogP contribution in [-0.2, 0) is 14.4 Å². The van der Waals surface area contributed by atoms with Crippen LogP contribution in [0.15, 0.2) is 36.9 Å². The Hall–Kier alpha value is -2.04. The van der Waals surface area contributed by atoms with Gasteiger partial charge in [-0.25, -0.2) is 0 Å². The number of anilines is 2. The van der Waals surface area contributed by atoms with E-state index in [1.54, 1.807) is 15.9 Å². The largest absolute Gasteiger partial charge is 0.481 e. The summed E-state index contributed by atoms with van der Waals surface area (Å²) in [7, 11) is 0. The topological polar surface area (TPSA) is 101 Å². The van der Waals surface area contributed by atoms with Gasteiger partial charge in [0.25, 0.3) is 5.91 Å². The summed E-state index contributed by atoms with van der Waals surface area (Å²) in [6.07, 6.45) is 3.27. The van der Waals surface area contributed by atoms with Crippen molar-refractivity contribution in [2.45, 2.75) is 54.0 Å². The van der Waals surface area contributed by atoms with E-state index in [4.69, 9.17) is 0 Å². The first-order valence-electron chi connectivity index (χ1n) is 13.0. The summed E-state index contributed by atoms with van der Waals surface area (Å²) in [6.45, 7) is 10.4. The number of likely N-dealkylation sites (tertiary alicyclic amines) is 1. The van der Waals surface area contributed by atoms with Gasteiger partial charge in [-0.15, -0.1) is 18.3 Å². The smallest absolute Gasteiger partial charge is 0.308 e. The average Bonchev–Trinajstić information content (AvgIpc) is 3.47. The molecule has 37 heavy (non-hydrogen) atoms. The number of fused-ring (bicyclic) bond motifs is 1. The lowest BCUT2D eigenvalue weighted by Gasteiger charge is -2.37. The number of halogens is 1. The normalized spacial score (nSPS) is 29.9. The maximum atomic E-state index is 14.4. The third-order valence-electron chi connectivity index (χ3n) is 7.98. The third kappa shape index (κ3) is 4.69. The van der Waals surface area contributed by atoms with Crippen LogP contribution in [0.4, 0.5) is 11.4 Å². The molecule has 4 rings (SSSR count). The van der Waals surface area contributed by atoms with Crippen LogP contribution in [0, 0.1) is 11.8 Å². The predicted molar refractivity (Wildman–Crippen MR) is 150 cm³/mol. The highest BCUT2D eigenvalue weighted by Gasteiger charge is 2.76. The van der Waals surface area contributed by atoms with E-state index in [1.807, 2.05) is 24.3 Å². The first-order chi connectivity index (χ1) is 17.7. The molecule has 3 aliphatic rings. The quantitative estimate of drug-likeness (QED) is 0.218. The number of hydrogen-bond acceptors (Lipinski definition) is 6. The van der Waals surface area contributed by atoms with Crippen LogP contribution in [0.25, 0.3) is 0 Å². The van der Waals surface area contributed by atoms with Crippen LogP contribution in [0.5, 0.6) is 0 Å². The molecule has 0 radical (unpaired) electrons. The number of carbonyl (C=O) groups is 3. The van der Waals surface area contributed by atoms with Crippen LogP contribution >= 0.6 is 27.7 Å². The zero-order chi connectivity index (χ0) is 26.9. The summed E-state index contributed by atoms with van der Waals surface area (Å²) in [6, 6.07) is 7.05. The fourth-order valence-electron chi connectivity index (χ4n) is 6.36. The minimum atomic E-state index is -0.986. The van der Waals surface area contributed by atoms with Crippen LogP contribution in [-0.4, -0.2) is 86.5 Å². The molecule has 2 amide bonds. The Balaban J connectivity index is 1.73. The summed E-state index contributed by atoms with van der Waals surface area (Å²) in [5.41, 5.74) is 1.78. The van der Waals surface area contributed by atoms with Crippen molar-refractivity contribution in [2.75, 3.05) is 42.6 Å². The number of hydrogen-bond donors (Lipinski definition) is 2. The zero-order valence-electron chi connectivity index (χ0n) is 21.4. The SMILES string of the molecule is C=CCN(C(=O)C1N(CCCCO)C(=O)[C@@H]2[C@H](C(=O)O)[C@H]3SC12CC3Br)c1ccc(N(CC)CC)cc1. The van der Waals surface area contributed by atoms with Crippen molar-refractivity contribution in [1.29, 1.82) is 0 Å². The number of unbranched alkanes of at least 4 members (excludes halogenated alkanes) is 1. The van der Waals surface area contributed by atoms with Crippen molar-refractivity contribution < 1.29 is 24.6 Å². The van der Waals surface area contributed by atoms with E-state index in [9.17, 15) is 24.6 Å². The van der Waals surface area contributed by atoms with Gasteiger partial charge < -0.3 is 24.9 Å². The van der Waals surface area contributed by atoms with E-state index in [-0.39, 0.29) is 35.0 Å². The van der Waals surface area contributed by atoms with Gasteiger partial charge in [0, 0.05) is 54.2 Å². The minimum absolute atomic E-state index is 0.00522. The fraction of sp³-hybridized carbons (Fsp3) is 0.593. The molecular formula is C27H36BrN3O5S. The molecule has 6 atom stereocenters. The maximum Gasteiger partial charge on any atom is 0.308 e. The second-order valence-electron chi connectivity index (χ2n) is 9.89. The lowest BCUT2D eigenvalue weighted by Crippen LogP contribution is -2.55. The molecular weight excluding hydrogens is 558 g/mol. The molecule has 3 unspecified atom stereocenters. The Morgan fingerprint density at radius 3 is 2.43 bits per heavy atom. The highest BCUT2D eigenvalue weighted by molar-refractivity contribution is 9.09. The van der Waals surface area contributed by atoms with E-state index in [0.717, 1.165) is 18.8 Å². The zero-order valence-corrected chi connectivity index (χ0v) is 23.8. The first kappa shape index (κ1) is 28.0. The Morgan fingerprint density at radius 1 is 1.22 bits per heavy atom. The van der Waals surface area contributed by atoms with E-state index < -0.39 is 28.6 Å². The molecule has 1 aromatic rings. The van der Waals surface area contributed by atoms with Gasteiger partial charge in [-0.1, -0.05) is 22.0 Å². The number of benzene rings is 1. The number of nitrogens with zero attached hydrogens (tertiary/aromatic N) is 3. The monoisotopic (exact) mass is 593 g/mol. The molecule has 3 heterocycles. The standard InChI is InChI=1S/C27H36BrN3O5S/c1-4-13-30(18-11-9-17(10-12-18)29(5-2)6-3)25(34)23-27-16-19(28)22(37-27)20(26(35)36)21(27)24(33)31(23)14-7-8-15-32/h4,9-12,19-23,32H,1,5-8,13-16H2,2-3H3,(H,35,36)/t19?,20-,21-,22-,23?,27?/m0/s1. The second kappa shape index (κ2) is 11.4.